The van der Waals surface area contributed by atoms with Crippen molar-refractivity contribution in [1.82, 2.24) is 14.9 Å². The number of hydrogen-bond acceptors (Lipinski definition) is 5. The zero-order valence-corrected chi connectivity index (χ0v) is 22.5. The fourth-order valence-corrected chi connectivity index (χ4v) is 5.61. The van der Waals surface area contributed by atoms with Gasteiger partial charge in [-0.25, -0.2) is 0 Å². The normalized spacial score (nSPS) is 16.9. The number of anilines is 1. The highest BCUT2D eigenvalue weighted by Crippen LogP contribution is 2.44. The number of aromatic nitrogens is 2. The van der Waals surface area contributed by atoms with E-state index in [1.54, 1.807) is 25.4 Å². The van der Waals surface area contributed by atoms with Crippen molar-refractivity contribution >= 4 is 28.7 Å². The molecule has 0 radical (unpaired) electrons. The van der Waals surface area contributed by atoms with E-state index >= 15 is 0 Å². The number of hydrogen-bond donors (Lipinski definition) is 1. The molecule has 0 saturated carbocycles. The van der Waals surface area contributed by atoms with Gasteiger partial charge in [0.05, 0.1) is 35.5 Å². The zero-order valence-electron chi connectivity index (χ0n) is 21.7. The number of rotatable bonds is 7. The van der Waals surface area contributed by atoms with Gasteiger partial charge < -0.3 is 19.5 Å². The molecule has 1 saturated heterocycles. The quantitative estimate of drug-likeness (QED) is 0.175. The van der Waals surface area contributed by atoms with Gasteiger partial charge in [0.1, 0.15) is 5.75 Å². The standard InChI is InChI=1S/C29H29N5O3S/c1-5-20-9-11-21(12-10-20)33-28(27(31-29(33)38)24-8-6-7-15-30-24)23-16-18(2)32(19(23)3)25-17-22(34(35)36)13-14-26(25)37-4/h6-17,27-28H,5H2,1-4H3,(H,31,38)/t27-,28-/m0/s1. The lowest BCUT2D eigenvalue weighted by molar-refractivity contribution is -0.384. The van der Waals surface area contributed by atoms with Crippen molar-refractivity contribution in [2.75, 3.05) is 12.0 Å². The number of non-ortho nitro benzene ring substituents is 1. The van der Waals surface area contributed by atoms with Crippen LogP contribution < -0.4 is 15.0 Å². The van der Waals surface area contributed by atoms with Gasteiger partial charge >= 0.3 is 0 Å². The fraction of sp³-hybridized carbons (Fsp3) is 0.241. The molecule has 3 heterocycles. The summed E-state index contributed by atoms with van der Waals surface area (Å²) in [4.78, 5) is 18.0. The number of nitrogens with zero attached hydrogens (tertiary/aromatic N) is 4. The number of methoxy groups -OCH3 is 1. The van der Waals surface area contributed by atoms with Crippen molar-refractivity contribution in [3.63, 3.8) is 0 Å². The third-order valence-corrected chi connectivity index (χ3v) is 7.44. The molecule has 0 amide bonds. The summed E-state index contributed by atoms with van der Waals surface area (Å²) in [6, 6.07) is 20.7. The van der Waals surface area contributed by atoms with Crippen molar-refractivity contribution in [1.29, 1.82) is 0 Å². The molecular formula is C29H29N5O3S. The van der Waals surface area contributed by atoms with Crippen LogP contribution in [-0.4, -0.2) is 26.7 Å². The number of nitro groups is 1. The number of nitro benzene ring substituents is 1. The van der Waals surface area contributed by atoms with Gasteiger partial charge in [0, 0.05) is 35.4 Å². The molecule has 4 aromatic rings. The van der Waals surface area contributed by atoms with Crippen LogP contribution in [0.3, 0.4) is 0 Å². The van der Waals surface area contributed by atoms with Crippen molar-refractivity contribution in [3.8, 4) is 11.4 Å². The molecule has 1 fully saturated rings. The maximum Gasteiger partial charge on any atom is 0.271 e. The Hall–Kier alpha value is -4.24. The molecular weight excluding hydrogens is 498 g/mol. The lowest BCUT2D eigenvalue weighted by atomic mass is 9.96. The van der Waals surface area contributed by atoms with E-state index < -0.39 is 4.92 Å². The van der Waals surface area contributed by atoms with E-state index in [1.165, 1.54) is 11.6 Å². The first kappa shape index (κ1) is 25.4. The number of aryl methyl sites for hydroxylation is 2. The van der Waals surface area contributed by atoms with Gasteiger partial charge in [-0.15, -0.1) is 0 Å². The second-order valence-electron chi connectivity index (χ2n) is 9.29. The van der Waals surface area contributed by atoms with Crippen LogP contribution in [-0.2, 0) is 6.42 Å². The van der Waals surface area contributed by atoms with Gasteiger partial charge in [-0.2, -0.15) is 0 Å². The number of thiocarbonyl (C=S) groups is 1. The van der Waals surface area contributed by atoms with Gasteiger partial charge in [-0.1, -0.05) is 25.1 Å². The highest BCUT2D eigenvalue weighted by Gasteiger charge is 2.42. The molecule has 38 heavy (non-hydrogen) atoms. The third-order valence-electron chi connectivity index (χ3n) is 7.12. The van der Waals surface area contributed by atoms with E-state index in [2.05, 4.69) is 52.5 Å². The Labute approximate surface area is 227 Å². The Bertz CT molecular complexity index is 1500. The monoisotopic (exact) mass is 527 g/mol. The summed E-state index contributed by atoms with van der Waals surface area (Å²) >= 11 is 5.88. The van der Waals surface area contributed by atoms with E-state index in [1.807, 2.05) is 36.6 Å². The molecule has 2 aromatic carbocycles. The lowest BCUT2D eigenvalue weighted by Crippen LogP contribution is -2.29. The van der Waals surface area contributed by atoms with Crippen molar-refractivity contribution < 1.29 is 9.66 Å². The van der Waals surface area contributed by atoms with Crippen LogP contribution in [0.25, 0.3) is 5.69 Å². The molecule has 0 aliphatic carbocycles. The van der Waals surface area contributed by atoms with E-state index in [0.29, 0.717) is 16.5 Å². The third kappa shape index (κ3) is 4.39. The van der Waals surface area contributed by atoms with Gasteiger partial charge in [0.15, 0.2) is 5.11 Å². The average molecular weight is 528 g/mol. The number of ether oxygens (including phenoxy) is 1. The summed E-state index contributed by atoms with van der Waals surface area (Å²) in [5, 5.41) is 15.7. The molecule has 1 aliphatic rings. The Morgan fingerprint density at radius 3 is 2.50 bits per heavy atom. The highest BCUT2D eigenvalue weighted by atomic mass is 32.1. The summed E-state index contributed by atoms with van der Waals surface area (Å²) in [5.41, 5.74) is 6.64. The maximum absolute atomic E-state index is 11.6. The SMILES string of the molecule is CCc1ccc(N2C(=S)N[C@@H](c3ccccn3)[C@@H]2c2cc(C)n(-c3cc([N+](=O)[O-])ccc3OC)c2C)cc1. The molecule has 5 rings (SSSR count). The zero-order chi connectivity index (χ0) is 27.0. The van der Waals surface area contributed by atoms with Crippen LogP contribution in [0.2, 0.25) is 0 Å². The Balaban J connectivity index is 1.69. The summed E-state index contributed by atoms with van der Waals surface area (Å²) in [6.07, 6.45) is 2.74. The van der Waals surface area contributed by atoms with Gasteiger partial charge in [-0.05, 0) is 80.0 Å². The maximum atomic E-state index is 11.6. The van der Waals surface area contributed by atoms with Crippen molar-refractivity contribution in [2.45, 2.75) is 39.3 Å². The topological polar surface area (TPSA) is 85.5 Å². The molecule has 8 nitrogen and oxygen atoms in total. The van der Waals surface area contributed by atoms with Gasteiger partial charge in [0.2, 0.25) is 0 Å². The Morgan fingerprint density at radius 1 is 1.11 bits per heavy atom. The molecule has 0 unspecified atom stereocenters. The summed E-state index contributed by atoms with van der Waals surface area (Å²) in [5.74, 6) is 0.553. The molecule has 2 aromatic heterocycles. The number of benzene rings is 2. The minimum atomic E-state index is -0.393. The van der Waals surface area contributed by atoms with Crippen LogP contribution in [0, 0.1) is 24.0 Å². The second kappa shape index (κ2) is 10.3. The number of pyridine rings is 1. The summed E-state index contributed by atoms with van der Waals surface area (Å²) in [6.45, 7) is 6.15. The predicted molar refractivity (Wildman–Crippen MR) is 152 cm³/mol. The molecule has 0 bridgehead atoms. The largest absolute Gasteiger partial charge is 0.495 e. The van der Waals surface area contributed by atoms with Crippen LogP contribution in [0.15, 0.2) is 72.9 Å². The van der Waals surface area contributed by atoms with Gasteiger partial charge in [0.25, 0.3) is 5.69 Å². The van der Waals surface area contributed by atoms with E-state index in [9.17, 15) is 10.1 Å². The first-order valence-electron chi connectivity index (χ1n) is 12.4. The first-order valence-corrected chi connectivity index (χ1v) is 12.9. The smallest absolute Gasteiger partial charge is 0.271 e. The lowest BCUT2D eigenvalue weighted by Gasteiger charge is -2.28. The van der Waals surface area contributed by atoms with Crippen LogP contribution in [0.5, 0.6) is 5.75 Å². The van der Waals surface area contributed by atoms with E-state index in [0.717, 1.165) is 34.8 Å². The highest BCUT2D eigenvalue weighted by molar-refractivity contribution is 7.80. The molecule has 1 N–H and O–H groups in total. The van der Waals surface area contributed by atoms with Crippen molar-refractivity contribution in [2.24, 2.45) is 0 Å². The molecule has 194 valence electrons. The van der Waals surface area contributed by atoms with Crippen molar-refractivity contribution in [3.05, 3.63) is 111 Å². The molecule has 1 aliphatic heterocycles. The average Bonchev–Trinajstić information content (AvgIpc) is 3.43. The number of nitrogens with one attached hydrogen (secondary N) is 1. The Kier molecular flexibility index (Phi) is 6.86. The summed E-state index contributed by atoms with van der Waals surface area (Å²) in [7, 11) is 1.57. The summed E-state index contributed by atoms with van der Waals surface area (Å²) < 4.78 is 7.61. The molecule has 0 spiro atoms. The predicted octanol–water partition coefficient (Wildman–Crippen LogP) is 6.15. The Morgan fingerprint density at radius 2 is 1.87 bits per heavy atom. The van der Waals surface area contributed by atoms with Gasteiger partial charge in [-0.3, -0.25) is 15.1 Å². The van der Waals surface area contributed by atoms with E-state index in [-0.39, 0.29) is 17.8 Å². The molecule has 2 atom stereocenters. The van der Waals surface area contributed by atoms with E-state index in [4.69, 9.17) is 17.0 Å². The minimum Gasteiger partial charge on any atom is -0.495 e. The van der Waals surface area contributed by atoms with Crippen LogP contribution in [0.4, 0.5) is 11.4 Å². The molecule has 9 heteroatoms. The van der Waals surface area contributed by atoms with Crippen LogP contribution >= 0.6 is 12.2 Å². The first-order chi connectivity index (χ1) is 18.3. The van der Waals surface area contributed by atoms with Crippen LogP contribution in [0.1, 0.15) is 47.2 Å². The second-order valence-corrected chi connectivity index (χ2v) is 9.68. The fourth-order valence-electron chi connectivity index (χ4n) is 5.27. The minimum absolute atomic E-state index is 0.00237.